The molecule has 4 nitrogen and oxygen atoms in total. The Morgan fingerprint density at radius 2 is 2.06 bits per heavy atom. The SMILES string of the molecule is CC(C)C(CO)NCc1cccc2c1OCCO2. The lowest BCUT2D eigenvalue weighted by molar-refractivity contribution is 0.168. The first-order valence-electron chi connectivity index (χ1n) is 6.44. The molecule has 1 aliphatic rings. The van der Waals surface area contributed by atoms with Crippen LogP contribution >= 0.6 is 0 Å². The van der Waals surface area contributed by atoms with Crippen LogP contribution in [0.25, 0.3) is 0 Å². The van der Waals surface area contributed by atoms with Crippen molar-refractivity contribution in [2.45, 2.75) is 26.4 Å². The number of rotatable bonds is 5. The molecule has 1 atom stereocenters. The molecule has 0 aromatic heterocycles. The van der Waals surface area contributed by atoms with Crippen LogP contribution in [0.15, 0.2) is 18.2 Å². The molecule has 0 radical (unpaired) electrons. The summed E-state index contributed by atoms with van der Waals surface area (Å²) in [5, 5.41) is 12.6. The Bertz CT molecular complexity index is 393. The fourth-order valence-electron chi connectivity index (χ4n) is 2.03. The predicted molar refractivity (Wildman–Crippen MR) is 70.0 cm³/mol. The van der Waals surface area contributed by atoms with Gasteiger partial charge in [-0.15, -0.1) is 0 Å². The second-order valence-electron chi connectivity index (χ2n) is 4.86. The summed E-state index contributed by atoms with van der Waals surface area (Å²) in [7, 11) is 0. The first-order chi connectivity index (χ1) is 8.72. The molecule has 0 saturated carbocycles. The Morgan fingerprint density at radius 3 is 2.78 bits per heavy atom. The van der Waals surface area contributed by atoms with E-state index in [0.717, 1.165) is 17.1 Å². The topological polar surface area (TPSA) is 50.7 Å². The summed E-state index contributed by atoms with van der Waals surface area (Å²) >= 11 is 0. The van der Waals surface area contributed by atoms with Crippen LogP contribution in [0.4, 0.5) is 0 Å². The summed E-state index contributed by atoms with van der Waals surface area (Å²) < 4.78 is 11.2. The van der Waals surface area contributed by atoms with E-state index in [-0.39, 0.29) is 12.6 Å². The normalized spacial score (nSPS) is 15.8. The van der Waals surface area contributed by atoms with Crippen LogP contribution in [0.5, 0.6) is 11.5 Å². The fraction of sp³-hybridized carbons (Fsp3) is 0.571. The van der Waals surface area contributed by atoms with E-state index >= 15 is 0 Å². The Hall–Kier alpha value is -1.26. The standard InChI is InChI=1S/C14H21NO3/c1-10(2)12(9-16)15-8-11-4-3-5-13-14(11)18-7-6-17-13/h3-5,10,12,15-16H,6-9H2,1-2H3. The fourth-order valence-corrected chi connectivity index (χ4v) is 2.03. The Kier molecular flexibility index (Phi) is 4.44. The maximum atomic E-state index is 9.29. The number of hydrogen-bond acceptors (Lipinski definition) is 4. The van der Waals surface area contributed by atoms with E-state index in [1.54, 1.807) is 0 Å². The van der Waals surface area contributed by atoms with Gasteiger partial charge in [0.15, 0.2) is 11.5 Å². The summed E-state index contributed by atoms with van der Waals surface area (Å²) in [6, 6.07) is 6.01. The van der Waals surface area contributed by atoms with Crippen LogP contribution in [0, 0.1) is 5.92 Å². The third-order valence-corrected chi connectivity index (χ3v) is 3.20. The van der Waals surface area contributed by atoms with Crippen molar-refractivity contribution in [3.63, 3.8) is 0 Å². The highest BCUT2D eigenvalue weighted by Gasteiger charge is 2.17. The number of benzene rings is 1. The molecule has 0 aliphatic carbocycles. The largest absolute Gasteiger partial charge is 0.486 e. The van der Waals surface area contributed by atoms with Crippen molar-refractivity contribution in [3.8, 4) is 11.5 Å². The molecule has 1 aromatic carbocycles. The highest BCUT2D eigenvalue weighted by atomic mass is 16.6. The van der Waals surface area contributed by atoms with E-state index < -0.39 is 0 Å². The van der Waals surface area contributed by atoms with Crippen molar-refractivity contribution < 1.29 is 14.6 Å². The minimum Gasteiger partial charge on any atom is -0.486 e. The van der Waals surface area contributed by atoms with Gasteiger partial charge >= 0.3 is 0 Å². The van der Waals surface area contributed by atoms with Gasteiger partial charge in [-0.3, -0.25) is 0 Å². The van der Waals surface area contributed by atoms with Crippen LogP contribution in [0.2, 0.25) is 0 Å². The quantitative estimate of drug-likeness (QED) is 0.834. The van der Waals surface area contributed by atoms with Crippen LogP contribution in [0.3, 0.4) is 0 Å². The van der Waals surface area contributed by atoms with Gasteiger partial charge in [0.2, 0.25) is 0 Å². The molecule has 1 aromatic rings. The zero-order valence-corrected chi connectivity index (χ0v) is 11.0. The Balaban J connectivity index is 2.05. The van der Waals surface area contributed by atoms with Crippen LogP contribution in [-0.2, 0) is 6.54 Å². The monoisotopic (exact) mass is 251 g/mol. The molecule has 1 aliphatic heterocycles. The van der Waals surface area contributed by atoms with E-state index in [9.17, 15) is 5.11 Å². The summed E-state index contributed by atoms with van der Waals surface area (Å²) in [4.78, 5) is 0. The maximum absolute atomic E-state index is 9.29. The van der Waals surface area contributed by atoms with E-state index in [4.69, 9.17) is 9.47 Å². The number of fused-ring (bicyclic) bond motifs is 1. The molecule has 100 valence electrons. The second kappa shape index (κ2) is 6.07. The maximum Gasteiger partial charge on any atom is 0.165 e. The van der Waals surface area contributed by atoms with E-state index in [2.05, 4.69) is 19.2 Å². The van der Waals surface area contributed by atoms with Gasteiger partial charge in [0, 0.05) is 18.2 Å². The number of aliphatic hydroxyl groups excluding tert-OH is 1. The second-order valence-corrected chi connectivity index (χ2v) is 4.86. The first-order valence-corrected chi connectivity index (χ1v) is 6.44. The van der Waals surface area contributed by atoms with Gasteiger partial charge in [0.05, 0.1) is 6.61 Å². The summed E-state index contributed by atoms with van der Waals surface area (Å²) in [6.45, 7) is 6.20. The Labute approximate surface area is 108 Å². The summed E-state index contributed by atoms with van der Waals surface area (Å²) in [5.74, 6) is 2.04. The molecule has 0 bridgehead atoms. The highest BCUT2D eigenvalue weighted by Crippen LogP contribution is 2.33. The van der Waals surface area contributed by atoms with Crippen molar-refractivity contribution in [2.24, 2.45) is 5.92 Å². The highest BCUT2D eigenvalue weighted by molar-refractivity contribution is 5.47. The van der Waals surface area contributed by atoms with Gasteiger partial charge in [-0.1, -0.05) is 26.0 Å². The van der Waals surface area contributed by atoms with Crippen molar-refractivity contribution in [2.75, 3.05) is 19.8 Å². The number of aliphatic hydroxyl groups is 1. The van der Waals surface area contributed by atoms with Gasteiger partial charge < -0.3 is 19.9 Å². The van der Waals surface area contributed by atoms with Crippen molar-refractivity contribution in [3.05, 3.63) is 23.8 Å². The van der Waals surface area contributed by atoms with Crippen LogP contribution in [0.1, 0.15) is 19.4 Å². The van der Waals surface area contributed by atoms with E-state index in [1.165, 1.54) is 0 Å². The lowest BCUT2D eigenvalue weighted by Gasteiger charge is -2.23. The van der Waals surface area contributed by atoms with Gasteiger partial charge in [-0.05, 0) is 12.0 Å². The summed E-state index contributed by atoms with van der Waals surface area (Å²) in [5.41, 5.74) is 1.08. The lowest BCUT2D eigenvalue weighted by atomic mass is 10.0. The predicted octanol–water partition coefficient (Wildman–Crippen LogP) is 1.56. The third kappa shape index (κ3) is 2.94. The molecule has 0 fully saturated rings. The van der Waals surface area contributed by atoms with Gasteiger partial charge in [0.1, 0.15) is 13.2 Å². The number of hydrogen-bond donors (Lipinski definition) is 2. The molecule has 2 N–H and O–H groups in total. The molecule has 18 heavy (non-hydrogen) atoms. The number of para-hydroxylation sites is 1. The van der Waals surface area contributed by atoms with Crippen molar-refractivity contribution in [1.29, 1.82) is 0 Å². The molecule has 1 heterocycles. The molecule has 4 heteroatoms. The zero-order valence-electron chi connectivity index (χ0n) is 11.0. The van der Waals surface area contributed by atoms with Gasteiger partial charge in [-0.2, -0.15) is 0 Å². The molecule has 1 unspecified atom stereocenters. The molecule has 0 saturated heterocycles. The Morgan fingerprint density at radius 1 is 1.28 bits per heavy atom. The molecule has 2 rings (SSSR count). The number of ether oxygens (including phenoxy) is 2. The minimum absolute atomic E-state index is 0.102. The first kappa shape index (κ1) is 13.2. The van der Waals surface area contributed by atoms with Crippen LogP contribution < -0.4 is 14.8 Å². The number of nitrogens with one attached hydrogen (secondary N) is 1. The third-order valence-electron chi connectivity index (χ3n) is 3.20. The van der Waals surface area contributed by atoms with Gasteiger partial charge in [-0.25, -0.2) is 0 Å². The average Bonchev–Trinajstić information content (AvgIpc) is 2.39. The summed E-state index contributed by atoms with van der Waals surface area (Å²) in [6.07, 6.45) is 0. The van der Waals surface area contributed by atoms with Crippen molar-refractivity contribution >= 4 is 0 Å². The van der Waals surface area contributed by atoms with Crippen molar-refractivity contribution in [1.82, 2.24) is 5.32 Å². The van der Waals surface area contributed by atoms with E-state index in [1.807, 2.05) is 18.2 Å². The molecular formula is C14H21NO3. The molecular weight excluding hydrogens is 230 g/mol. The van der Waals surface area contributed by atoms with Crippen LogP contribution in [-0.4, -0.2) is 31.0 Å². The smallest absolute Gasteiger partial charge is 0.165 e. The van der Waals surface area contributed by atoms with Gasteiger partial charge in [0.25, 0.3) is 0 Å². The average molecular weight is 251 g/mol. The zero-order chi connectivity index (χ0) is 13.0. The molecule has 0 amide bonds. The molecule has 0 spiro atoms. The van der Waals surface area contributed by atoms with E-state index in [0.29, 0.717) is 25.7 Å². The lowest BCUT2D eigenvalue weighted by Crippen LogP contribution is -2.36. The minimum atomic E-state index is 0.102.